The van der Waals surface area contributed by atoms with E-state index in [9.17, 15) is 4.39 Å². The van der Waals surface area contributed by atoms with Gasteiger partial charge in [-0.25, -0.2) is 4.39 Å². The zero-order valence-electron chi connectivity index (χ0n) is 10.3. The lowest BCUT2D eigenvalue weighted by molar-refractivity contribution is 0.256. The quantitative estimate of drug-likeness (QED) is 0.792. The Balaban J connectivity index is 2.00. The summed E-state index contributed by atoms with van der Waals surface area (Å²) in [4.78, 5) is 0. The van der Waals surface area contributed by atoms with Crippen LogP contribution < -0.4 is 5.32 Å². The van der Waals surface area contributed by atoms with Crippen LogP contribution in [-0.2, 0) is 6.54 Å². The van der Waals surface area contributed by atoms with Crippen molar-refractivity contribution in [2.45, 2.75) is 44.2 Å². The monoisotopic (exact) mass is 333 g/mol. The van der Waals surface area contributed by atoms with Crippen molar-refractivity contribution >= 4 is 27.5 Å². The van der Waals surface area contributed by atoms with E-state index in [1.165, 1.54) is 25.3 Å². The first-order valence-electron chi connectivity index (χ1n) is 6.40. The van der Waals surface area contributed by atoms with Crippen molar-refractivity contribution in [1.82, 2.24) is 5.32 Å². The predicted molar refractivity (Wildman–Crippen MR) is 77.5 cm³/mol. The Bertz CT molecular complexity index is 385. The van der Waals surface area contributed by atoms with Gasteiger partial charge in [0.15, 0.2) is 0 Å². The van der Waals surface area contributed by atoms with Gasteiger partial charge in [-0.1, -0.05) is 35.2 Å². The molecular weight excluding hydrogens is 317 g/mol. The lowest BCUT2D eigenvalue weighted by Gasteiger charge is -2.36. The molecule has 0 aromatic heterocycles. The maximum Gasteiger partial charge on any atom is 0.124 e. The summed E-state index contributed by atoms with van der Waals surface area (Å²) in [5.74, 6) is 0.425. The fourth-order valence-electron chi connectivity index (χ4n) is 2.59. The summed E-state index contributed by atoms with van der Waals surface area (Å²) in [5, 5.41) is 3.54. The van der Waals surface area contributed by atoms with Crippen LogP contribution in [0.2, 0.25) is 0 Å². The standard InChI is InChI=1S/C14H18BrClFN/c15-12-6-11(7-13(17)8-12)9-18-14(10-16)4-2-1-3-5-14/h6-8,18H,1-5,9-10H2. The predicted octanol–water partition coefficient (Wildman–Crippen LogP) is 4.62. The molecular formula is C14H18BrClFN. The van der Waals surface area contributed by atoms with Gasteiger partial charge in [-0.05, 0) is 36.6 Å². The molecule has 18 heavy (non-hydrogen) atoms. The van der Waals surface area contributed by atoms with Crippen LogP contribution in [0, 0.1) is 5.82 Å². The molecule has 1 nitrogen and oxygen atoms in total. The minimum Gasteiger partial charge on any atom is -0.306 e. The van der Waals surface area contributed by atoms with Crippen molar-refractivity contribution in [3.05, 3.63) is 34.1 Å². The fraction of sp³-hybridized carbons (Fsp3) is 0.571. The molecule has 1 saturated carbocycles. The highest BCUT2D eigenvalue weighted by molar-refractivity contribution is 9.10. The van der Waals surface area contributed by atoms with Gasteiger partial charge in [0.05, 0.1) is 0 Å². The lowest BCUT2D eigenvalue weighted by Crippen LogP contribution is -2.48. The molecule has 0 aliphatic heterocycles. The van der Waals surface area contributed by atoms with E-state index in [1.54, 1.807) is 6.07 Å². The van der Waals surface area contributed by atoms with Crippen molar-refractivity contribution < 1.29 is 4.39 Å². The molecule has 0 saturated heterocycles. The van der Waals surface area contributed by atoms with E-state index < -0.39 is 0 Å². The van der Waals surface area contributed by atoms with E-state index in [4.69, 9.17) is 11.6 Å². The highest BCUT2D eigenvalue weighted by Gasteiger charge is 2.30. The summed E-state index contributed by atoms with van der Waals surface area (Å²) in [7, 11) is 0. The number of rotatable bonds is 4. The van der Waals surface area contributed by atoms with Crippen LogP contribution in [-0.4, -0.2) is 11.4 Å². The van der Waals surface area contributed by atoms with Crippen molar-refractivity contribution in [3.63, 3.8) is 0 Å². The lowest BCUT2D eigenvalue weighted by atomic mass is 9.83. The first-order chi connectivity index (χ1) is 8.63. The van der Waals surface area contributed by atoms with E-state index in [0.29, 0.717) is 12.4 Å². The molecule has 0 atom stereocenters. The molecule has 0 unspecified atom stereocenters. The largest absolute Gasteiger partial charge is 0.306 e. The molecule has 1 N–H and O–H groups in total. The van der Waals surface area contributed by atoms with Crippen LogP contribution in [0.5, 0.6) is 0 Å². The molecule has 1 aromatic carbocycles. The summed E-state index contributed by atoms with van der Waals surface area (Å²) in [6.45, 7) is 0.670. The van der Waals surface area contributed by atoms with Crippen LogP contribution in [0.15, 0.2) is 22.7 Å². The molecule has 1 aromatic rings. The molecule has 4 heteroatoms. The fourth-order valence-corrected chi connectivity index (χ4v) is 3.46. The Labute approximate surface area is 121 Å². The second-order valence-corrected chi connectivity index (χ2v) is 6.29. The Hall–Kier alpha value is -0.120. The summed E-state index contributed by atoms with van der Waals surface area (Å²) >= 11 is 9.44. The second-order valence-electron chi connectivity index (χ2n) is 5.11. The van der Waals surface area contributed by atoms with Gasteiger partial charge in [0.2, 0.25) is 0 Å². The maximum atomic E-state index is 13.3. The molecule has 0 amide bonds. The van der Waals surface area contributed by atoms with E-state index in [2.05, 4.69) is 21.2 Å². The van der Waals surface area contributed by atoms with Crippen molar-refractivity contribution in [3.8, 4) is 0 Å². The summed E-state index contributed by atoms with van der Waals surface area (Å²) in [6.07, 6.45) is 5.99. The maximum absolute atomic E-state index is 13.3. The third-order valence-electron chi connectivity index (χ3n) is 3.66. The number of halogens is 3. The number of benzene rings is 1. The van der Waals surface area contributed by atoms with Crippen LogP contribution in [0.1, 0.15) is 37.7 Å². The van der Waals surface area contributed by atoms with Gasteiger partial charge in [0.25, 0.3) is 0 Å². The van der Waals surface area contributed by atoms with Crippen molar-refractivity contribution in [1.29, 1.82) is 0 Å². The van der Waals surface area contributed by atoms with Gasteiger partial charge in [0, 0.05) is 22.4 Å². The van der Waals surface area contributed by atoms with Crippen molar-refractivity contribution in [2.75, 3.05) is 5.88 Å². The second kappa shape index (κ2) is 6.36. The SMILES string of the molecule is Fc1cc(Br)cc(CNC2(CCl)CCCCC2)c1. The summed E-state index contributed by atoms with van der Waals surface area (Å²) in [5.41, 5.74) is 0.996. The Kier molecular flexibility index (Phi) is 5.05. The highest BCUT2D eigenvalue weighted by atomic mass is 79.9. The number of hydrogen-bond acceptors (Lipinski definition) is 1. The number of nitrogens with one attached hydrogen (secondary N) is 1. The molecule has 100 valence electrons. The first kappa shape index (κ1) is 14.3. The van der Waals surface area contributed by atoms with Crippen LogP contribution in [0.3, 0.4) is 0 Å². The molecule has 1 fully saturated rings. The number of alkyl halides is 1. The third-order valence-corrected chi connectivity index (χ3v) is 4.63. The normalized spacial score (nSPS) is 18.8. The topological polar surface area (TPSA) is 12.0 Å². The summed E-state index contributed by atoms with van der Waals surface area (Å²) < 4.78 is 14.1. The molecule has 1 aliphatic rings. The van der Waals surface area contributed by atoms with Gasteiger partial charge in [-0.3, -0.25) is 0 Å². The highest BCUT2D eigenvalue weighted by Crippen LogP contribution is 2.29. The average Bonchev–Trinajstić information content (AvgIpc) is 2.36. The Morgan fingerprint density at radius 2 is 1.94 bits per heavy atom. The van der Waals surface area contributed by atoms with Gasteiger partial charge in [-0.15, -0.1) is 11.6 Å². The Morgan fingerprint density at radius 1 is 1.22 bits per heavy atom. The van der Waals surface area contributed by atoms with Crippen molar-refractivity contribution in [2.24, 2.45) is 0 Å². The molecule has 0 bridgehead atoms. The van der Waals surface area contributed by atoms with E-state index in [-0.39, 0.29) is 11.4 Å². The van der Waals surface area contributed by atoms with E-state index >= 15 is 0 Å². The average molecular weight is 335 g/mol. The first-order valence-corrected chi connectivity index (χ1v) is 7.72. The van der Waals surface area contributed by atoms with Crippen LogP contribution >= 0.6 is 27.5 Å². The minimum atomic E-state index is -0.204. The van der Waals surface area contributed by atoms with Gasteiger partial charge < -0.3 is 5.32 Å². The molecule has 2 rings (SSSR count). The molecule has 1 aliphatic carbocycles. The van der Waals surface area contributed by atoms with Crippen LogP contribution in [0.4, 0.5) is 4.39 Å². The molecule has 0 spiro atoms. The summed E-state index contributed by atoms with van der Waals surface area (Å²) in [6, 6.07) is 4.99. The minimum absolute atomic E-state index is 0.0403. The van der Waals surface area contributed by atoms with E-state index in [0.717, 1.165) is 22.9 Å². The Morgan fingerprint density at radius 3 is 2.56 bits per heavy atom. The third kappa shape index (κ3) is 3.69. The zero-order chi connectivity index (χ0) is 13.0. The molecule has 0 heterocycles. The van der Waals surface area contributed by atoms with Crippen LogP contribution in [0.25, 0.3) is 0 Å². The van der Waals surface area contributed by atoms with Gasteiger partial charge >= 0.3 is 0 Å². The molecule has 0 radical (unpaired) electrons. The van der Waals surface area contributed by atoms with Gasteiger partial charge in [-0.2, -0.15) is 0 Å². The van der Waals surface area contributed by atoms with E-state index in [1.807, 2.05) is 6.07 Å². The number of hydrogen-bond donors (Lipinski definition) is 1. The zero-order valence-corrected chi connectivity index (χ0v) is 12.7. The van der Waals surface area contributed by atoms with Gasteiger partial charge in [0.1, 0.15) is 5.82 Å². The smallest absolute Gasteiger partial charge is 0.124 e.